The van der Waals surface area contributed by atoms with Crippen molar-refractivity contribution in [1.82, 2.24) is 15.1 Å². The van der Waals surface area contributed by atoms with Gasteiger partial charge in [-0.2, -0.15) is 5.10 Å². The number of nitrogens with one attached hydrogen (secondary N) is 1. The second-order valence-corrected chi connectivity index (χ2v) is 8.65. The van der Waals surface area contributed by atoms with Crippen LogP contribution in [0, 0.1) is 0 Å². The number of carbonyl (C=O) groups is 1. The van der Waals surface area contributed by atoms with Crippen molar-refractivity contribution < 1.29 is 14.3 Å². The average molecular weight is 499 g/mol. The third kappa shape index (κ3) is 5.07. The van der Waals surface area contributed by atoms with Gasteiger partial charge in [0.15, 0.2) is 17.3 Å². The molecule has 168 valence electrons. The first kappa shape index (κ1) is 22.2. The zero-order valence-corrected chi connectivity index (χ0v) is 19.9. The molecule has 2 aromatic carbocycles. The summed E-state index contributed by atoms with van der Waals surface area (Å²) in [6, 6.07) is 15.8. The molecule has 1 fully saturated rings. The Bertz CT molecular complexity index is 1070. The molecular formula is C24H27BrN4O3. The van der Waals surface area contributed by atoms with Gasteiger partial charge >= 0.3 is 0 Å². The lowest BCUT2D eigenvalue weighted by atomic mass is 10.1. The van der Waals surface area contributed by atoms with E-state index < -0.39 is 0 Å². The summed E-state index contributed by atoms with van der Waals surface area (Å²) in [5.41, 5.74) is 2.99. The van der Waals surface area contributed by atoms with E-state index >= 15 is 0 Å². The topological polar surface area (TPSA) is 70.7 Å². The van der Waals surface area contributed by atoms with Crippen molar-refractivity contribution in [1.29, 1.82) is 0 Å². The van der Waals surface area contributed by atoms with Gasteiger partial charge in [0.2, 0.25) is 5.91 Å². The number of carbonyl (C=O) groups excluding carboxylic acids is 1. The number of nitrogens with zero attached hydrogens (tertiary/aromatic N) is 3. The average Bonchev–Trinajstić information content (AvgIpc) is 3.17. The number of H-pyrrole nitrogens is 1. The second kappa shape index (κ2) is 10.1. The monoisotopic (exact) mass is 498 g/mol. The van der Waals surface area contributed by atoms with E-state index in [1.165, 1.54) is 0 Å². The zero-order chi connectivity index (χ0) is 22.5. The minimum atomic E-state index is 0.122. The first-order valence-electron chi connectivity index (χ1n) is 10.6. The van der Waals surface area contributed by atoms with Crippen molar-refractivity contribution in [3.05, 3.63) is 58.6 Å². The number of methoxy groups -OCH3 is 2. The third-order valence-electron chi connectivity index (χ3n) is 5.70. The van der Waals surface area contributed by atoms with E-state index in [9.17, 15) is 4.79 Å². The summed E-state index contributed by atoms with van der Waals surface area (Å²) < 4.78 is 11.7. The molecule has 2 heterocycles. The number of amides is 1. The van der Waals surface area contributed by atoms with Crippen LogP contribution in [0.25, 0.3) is 11.3 Å². The summed E-state index contributed by atoms with van der Waals surface area (Å²) in [6.45, 7) is 3.03. The highest BCUT2D eigenvalue weighted by Gasteiger charge is 2.21. The molecule has 4 rings (SSSR count). The van der Waals surface area contributed by atoms with Crippen LogP contribution < -0.4 is 14.4 Å². The van der Waals surface area contributed by atoms with Crippen LogP contribution >= 0.6 is 15.9 Å². The van der Waals surface area contributed by atoms with Crippen molar-refractivity contribution in [3.8, 4) is 22.8 Å². The second-order valence-electron chi connectivity index (χ2n) is 7.73. The van der Waals surface area contributed by atoms with Gasteiger partial charge in [0.05, 0.1) is 26.3 Å². The normalized spacial score (nSPS) is 14.2. The molecule has 1 aliphatic heterocycles. The highest BCUT2D eigenvalue weighted by atomic mass is 79.9. The number of aromatic amines is 1. The molecule has 1 amide bonds. The first-order chi connectivity index (χ1) is 15.6. The molecule has 1 aromatic heterocycles. The molecule has 32 heavy (non-hydrogen) atoms. The molecular weight excluding hydrogens is 472 g/mol. The number of aromatic nitrogens is 2. The Kier molecular flexibility index (Phi) is 6.99. The van der Waals surface area contributed by atoms with Gasteiger partial charge in [0.25, 0.3) is 0 Å². The van der Waals surface area contributed by atoms with Gasteiger partial charge < -0.3 is 19.3 Å². The van der Waals surface area contributed by atoms with Crippen LogP contribution in [0.15, 0.2) is 53.0 Å². The SMILES string of the molecule is COc1ccc(CC(=O)N2CCCN(c3cc(-c4ccc(Br)cc4)[nH]n3)CC2)cc1OC. The smallest absolute Gasteiger partial charge is 0.227 e. The lowest BCUT2D eigenvalue weighted by molar-refractivity contribution is -0.130. The van der Waals surface area contributed by atoms with E-state index in [0.717, 1.165) is 53.2 Å². The number of ether oxygens (including phenoxy) is 2. The number of hydrogen-bond acceptors (Lipinski definition) is 5. The molecule has 0 aliphatic carbocycles. The van der Waals surface area contributed by atoms with Crippen LogP contribution in [-0.4, -0.2) is 61.4 Å². The summed E-state index contributed by atoms with van der Waals surface area (Å²) in [6.07, 6.45) is 1.24. The van der Waals surface area contributed by atoms with Crippen LogP contribution in [0.5, 0.6) is 11.5 Å². The minimum Gasteiger partial charge on any atom is -0.493 e. The van der Waals surface area contributed by atoms with Gasteiger partial charge in [-0.1, -0.05) is 34.1 Å². The van der Waals surface area contributed by atoms with Crippen LogP contribution in [0.4, 0.5) is 5.82 Å². The third-order valence-corrected chi connectivity index (χ3v) is 6.22. The molecule has 0 bridgehead atoms. The Labute approximate surface area is 196 Å². The number of rotatable bonds is 6. The molecule has 1 N–H and O–H groups in total. The lowest BCUT2D eigenvalue weighted by Gasteiger charge is -2.22. The Balaban J connectivity index is 1.38. The van der Waals surface area contributed by atoms with E-state index in [-0.39, 0.29) is 5.91 Å². The molecule has 0 radical (unpaired) electrons. The first-order valence-corrected chi connectivity index (χ1v) is 11.4. The van der Waals surface area contributed by atoms with Gasteiger partial charge in [-0.05, 0) is 41.8 Å². The predicted octanol–water partition coefficient (Wildman–Crippen LogP) is 4.14. The van der Waals surface area contributed by atoms with E-state index in [1.54, 1.807) is 14.2 Å². The Hall–Kier alpha value is -3.00. The number of benzene rings is 2. The fraction of sp³-hybridized carbons (Fsp3) is 0.333. The summed E-state index contributed by atoms with van der Waals surface area (Å²) in [4.78, 5) is 17.1. The molecule has 1 aliphatic rings. The molecule has 0 atom stereocenters. The highest BCUT2D eigenvalue weighted by Crippen LogP contribution is 2.28. The van der Waals surface area contributed by atoms with E-state index in [0.29, 0.717) is 24.5 Å². The van der Waals surface area contributed by atoms with E-state index in [4.69, 9.17) is 9.47 Å². The Morgan fingerprint density at radius 1 is 1.00 bits per heavy atom. The van der Waals surface area contributed by atoms with Crippen molar-refractivity contribution >= 4 is 27.7 Å². The molecule has 8 heteroatoms. The fourth-order valence-electron chi connectivity index (χ4n) is 3.92. The lowest BCUT2D eigenvalue weighted by Crippen LogP contribution is -2.36. The summed E-state index contributed by atoms with van der Waals surface area (Å²) in [5.74, 6) is 2.34. The van der Waals surface area contributed by atoms with Crippen molar-refractivity contribution in [2.45, 2.75) is 12.8 Å². The van der Waals surface area contributed by atoms with Gasteiger partial charge in [0, 0.05) is 36.7 Å². The molecule has 3 aromatic rings. The maximum absolute atomic E-state index is 12.9. The Morgan fingerprint density at radius 3 is 2.53 bits per heavy atom. The van der Waals surface area contributed by atoms with Crippen LogP contribution in [-0.2, 0) is 11.2 Å². The van der Waals surface area contributed by atoms with Crippen molar-refractivity contribution in [3.63, 3.8) is 0 Å². The Morgan fingerprint density at radius 2 is 1.78 bits per heavy atom. The predicted molar refractivity (Wildman–Crippen MR) is 128 cm³/mol. The van der Waals surface area contributed by atoms with Crippen LogP contribution in [0.3, 0.4) is 0 Å². The van der Waals surface area contributed by atoms with Gasteiger partial charge in [-0.3, -0.25) is 9.89 Å². The summed E-state index contributed by atoms with van der Waals surface area (Å²) >= 11 is 3.47. The largest absolute Gasteiger partial charge is 0.493 e. The molecule has 0 saturated carbocycles. The standard InChI is InChI=1S/C24H27BrN4O3/c1-31-21-9-4-17(14-22(21)32-2)15-24(30)29-11-3-10-28(12-13-29)23-16-20(26-27-23)18-5-7-19(25)8-6-18/h4-9,14,16H,3,10-13,15H2,1-2H3,(H,26,27). The number of halogens is 1. The quantitative estimate of drug-likeness (QED) is 0.552. The van der Waals surface area contributed by atoms with Gasteiger partial charge in [-0.15, -0.1) is 0 Å². The summed E-state index contributed by atoms with van der Waals surface area (Å²) in [5, 5.41) is 7.65. The van der Waals surface area contributed by atoms with E-state index in [1.807, 2.05) is 35.2 Å². The summed E-state index contributed by atoms with van der Waals surface area (Å²) in [7, 11) is 3.21. The van der Waals surface area contributed by atoms with Crippen LogP contribution in [0.2, 0.25) is 0 Å². The van der Waals surface area contributed by atoms with Crippen LogP contribution in [0.1, 0.15) is 12.0 Å². The van der Waals surface area contributed by atoms with Gasteiger partial charge in [-0.25, -0.2) is 0 Å². The van der Waals surface area contributed by atoms with E-state index in [2.05, 4.69) is 49.2 Å². The van der Waals surface area contributed by atoms with Gasteiger partial charge in [0.1, 0.15) is 0 Å². The highest BCUT2D eigenvalue weighted by molar-refractivity contribution is 9.10. The molecule has 0 spiro atoms. The van der Waals surface area contributed by atoms with Crippen molar-refractivity contribution in [2.75, 3.05) is 45.3 Å². The fourth-order valence-corrected chi connectivity index (χ4v) is 4.19. The molecule has 1 saturated heterocycles. The maximum atomic E-state index is 12.9. The number of anilines is 1. The zero-order valence-electron chi connectivity index (χ0n) is 18.3. The minimum absolute atomic E-state index is 0.122. The van der Waals surface area contributed by atoms with Crippen molar-refractivity contribution in [2.24, 2.45) is 0 Å². The number of hydrogen-bond donors (Lipinski definition) is 1. The molecule has 0 unspecified atom stereocenters. The maximum Gasteiger partial charge on any atom is 0.227 e. The molecule has 7 nitrogen and oxygen atoms in total.